The first-order valence-corrected chi connectivity index (χ1v) is 6.47. The van der Waals surface area contributed by atoms with Gasteiger partial charge in [-0.2, -0.15) is 0 Å². The number of benzene rings is 1. The molecular weight excluding hydrogens is 256 g/mol. The molecule has 0 radical (unpaired) electrons. The summed E-state index contributed by atoms with van der Waals surface area (Å²) in [4.78, 5) is 0.779. The molecule has 1 heterocycles. The van der Waals surface area contributed by atoms with Crippen LogP contribution in [-0.2, 0) is 11.3 Å². The number of halogens is 1. The van der Waals surface area contributed by atoms with Gasteiger partial charge in [-0.25, -0.2) is 0 Å². The van der Waals surface area contributed by atoms with E-state index in [9.17, 15) is 5.11 Å². The summed E-state index contributed by atoms with van der Waals surface area (Å²) >= 11 is 7.47. The summed E-state index contributed by atoms with van der Waals surface area (Å²) in [5, 5.41) is 12.7. The fourth-order valence-electron chi connectivity index (χ4n) is 1.67. The summed E-state index contributed by atoms with van der Waals surface area (Å²) < 4.78 is 5.07. The third kappa shape index (κ3) is 2.87. The van der Waals surface area contributed by atoms with Crippen LogP contribution >= 0.6 is 22.9 Å². The molecule has 0 saturated heterocycles. The zero-order valence-electron chi connectivity index (χ0n) is 9.39. The van der Waals surface area contributed by atoms with Gasteiger partial charge in [-0.1, -0.05) is 35.9 Å². The molecule has 0 aliphatic rings. The van der Waals surface area contributed by atoms with E-state index in [1.54, 1.807) is 13.2 Å². The van der Waals surface area contributed by atoms with Crippen LogP contribution in [0.4, 0.5) is 0 Å². The van der Waals surface area contributed by atoms with Crippen LogP contribution in [0.25, 0.3) is 0 Å². The van der Waals surface area contributed by atoms with Gasteiger partial charge in [-0.15, -0.1) is 11.3 Å². The van der Waals surface area contributed by atoms with Crippen LogP contribution in [0.2, 0.25) is 5.02 Å². The highest BCUT2D eigenvalue weighted by Gasteiger charge is 2.15. The standard InChI is InChI=1S/C13H13ClO2S/c1-16-8-9-3-2-4-10(7-9)12(15)13-11(14)5-6-17-13/h2-7,12,15H,8H2,1H3. The molecule has 1 aromatic heterocycles. The van der Waals surface area contributed by atoms with Gasteiger partial charge in [-0.05, 0) is 22.6 Å². The Balaban J connectivity index is 2.28. The minimum atomic E-state index is -0.667. The van der Waals surface area contributed by atoms with E-state index in [0.29, 0.717) is 11.6 Å². The molecule has 0 aliphatic heterocycles. The fourth-order valence-corrected chi connectivity index (χ4v) is 2.84. The smallest absolute Gasteiger partial charge is 0.115 e. The second-order valence-electron chi connectivity index (χ2n) is 3.71. The summed E-state index contributed by atoms with van der Waals surface area (Å²) in [6.45, 7) is 0.540. The van der Waals surface area contributed by atoms with Crippen molar-refractivity contribution in [3.05, 3.63) is 56.7 Å². The highest BCUT2D eigenvalue weighted by Crippen LogP contribution is 2.32. The monoisotopic (exact) mass is 268 g/mol. The average molecular weight is 269 g/mol. The summed E-state index contributed by atoms with van der Waals surface area (Å²) in [5.74, 6) is 0. The highest BCUT2D eigenvalue weighted by molar-refractivity contribution is 7.10. The van der Waals surface area contributed by atoms with Crippen molar-refractivity contribution in [2.75, 3.05) is 7.11 Å². The Labute approximate surface area is 109 Å². The molecule has 1 atom stereocenters. The van der Waals surface area contributed by atoms with E-state index < -0.39 is 6.10 Å². The number of methoxy groups -OCH3 is 1. The lowest BCUT2D eigenvalue weighted by atomic mass is 10.1. The summed E-state index contributed by atoms with van der Waals surface area (Å²) in [5.41, 5.74) is 1.88. The molecule has 0 amide bonds. The van der Waals surface area contributed by atoms with Crippen molar-refractivity contribution >= 4 is 22.9 Å². The van der Waals surface area contributed by atoms with E-state index in [-0.39, 0.29) is 0 Å². The maximum absolute atomic E-state index is 10.2. The van der Waals surface area contributed by atoms with Gasteiger partial charge in [0.25, 0.3) is 0 Å². The molecule has 2 nitrogen and oxygen atoms in total. The number of rotatable bonds is 4. The maximum atomic E-state index is 10.2. The largest absolute Gasteiger partial charge is 0.383 e. The van der Waals surface area contributed by atoms with Crippen LogP contribution in [-0.4, -0.2) is 12.2 Å². The zero-order valence-corrected chi connectivity index (χ0v) is 11.0. The third-order valence-corrected chi connectivity index (χ3v) is 3.88. The van der Waals surface area contributed by atoms with Gasteiger partial charge in [0.1, 0.15) is 6.10 Å². The fraction of sp³-hybridized carbons (Fsp3) is 0.231. The van der Waals surface area contributed by atoms with Crippen LogP contribution in [0, 0.1) is 0 Å². The zero-order chi connectivity index (χ0) is 12.3. The van der Waals surface area contributed by atoms with E-state index in [2.05, 4.69) is 0 Å². The molecule has 2 aromatic rings. The Kier molecular flexibility index (Phi) is 4.18. The number of hydrogen-bond acceptors (Lipinski definition) is 3. The van der Waals surface area contributed by atoms with E-state index in [4.69, 9.17) is 16.3 Å². The molecule has 0 saturated carbocycles. The van der Waals surface area contributed by atoms with E-state index in [0.717, 1.165) is 16.0 Å². The van der Waals surface area contributed by atoms with Crippen molar-refractivity contribution in [2.45, 2.75) is 12.7 Å². The van der Waals surface area contributed by atoms with Crippen molar-refractivity contribution in [3.63, 3.8) is 0 Å². The van der Waals surface area contributed by atoms with E-state index in [1.165, 1.54) is 11.3 Å². The normalized spacial score (nSPS) is 12.6. The maximum Gasteiger partial charge on any atom is 0.115 e. The minimum absolute atomic E-state index is 0.540. The number of aliphatic hydroxyl groups is 1. The molecule has 4 heteroatoms. The Bertz CT molecular complexity index is 496. The molecule has 90 valence electrons. The average Bonchev–Trinajstić information content (AvgIpc) is 2.75. The molecule has 0 fully saturated rings. The van der Waals surface area contributed by atoms with Crippen LogP contribution in [0.1, 0.15) is 22.1 Å². The summed E-state index contributed by atoms with van der Waals surface area (Å²) in [7, 11) is 1.65. The second kappa shape index (κ2) is 5.65. The van der Waals surface area contributed by atoms with E-state index >= 15 is 0 Å². The van der Waals surface area contributed by atoms with Gasteiger partial charge in [0.15, 0.2) is 0 Å². The lowest BCUT2D eigenvalue weighted by Gasteiger charge is -2.11. The van der Waals surface area contributed by atoms with Gasteiger partial charge in [0.05, 0.1) is 16.5 Å². The van der Waals surface area contributed by atoms with Crippen LogP contribution in [0.15, 0.2) is 35.7 Å². The Morgan fingerprint density at radius 2 is 2.24 bits per heavy atom. The molecule has 2 rings (SSSR count). The van der Waals surface area contributed by atoms with Crippen molar-refractivity contribution in [3.8, 4) is 0 Å². The van der Waals surface area contributed by atoms with Gasteiger partial charge in [0.2, 0.25) is 0 Å². The minimum Gasteiger partial charge on any atom is -0.383 e. The molecule has 1 N–H and O–H groups in total. The first-order valence-electron chi connectivity index (χ1n) is 5.21. The lowest BCUT2D eigenvalue weighted by Crippen LogP contribution is -1.99. The van der Waals surface area contributed by atoms with Crippen LogP contribution in [0.3, 0.4) is 0 Å². The SMILES string of the molecule is COCc1cccc(C(O)c2sccc2Cl)c1. The van der Waals surface area contributed by atoms with Crippen LogP contribution < -0.4 is 0 Å². The molecule has 1 unspecified atom stereocenters. The lowest BCUT2D eigenvalue weighted by molar-refractivity contribution is 0.184. The molecule has 0 spiro atoms. The number of aliphatic hydroxyl groups excluding tert-OH is 1. The highest BCUT2D eigenvalue weighted by atomic mass is 35.5. The Morgan fingerprint density at radius 1 is 1.41 bits per heavy atom. The number of ether oxygens (including phenoxy) is 1. The van der Waals surface area contributed by atoms with Crippen molar-refractivity contribution in [1.29, 1.82) is 0 Å². The molecule has 0 aliphatic carbocycles. The van der Waals surface area contributed by atoms with Crippen molar-refractivity contribution in [1.82, 2.24) is 0 Å². The van der Waals surface area contributed by atoms with Gasteiger partial charge >= 0.3 is 0 Å². The van der Waals surface area contributed by atoms with Gasteiger partial charge < -0.3 is 9.84 Å². The predicted octanol–water partition coefficient (Wildman–Crippen LogP) is 3.63. The topological polar surface area (TPSA) is 29.5 Å². The van der Waals surface area contributed by atoms with Crippen molar-refractivity contribution < 1.29 is 9.84 Å². The number of hydrogen-bond donors (Lipinski definition) is 1. The summed E-state index contributed by atoms with van der Waals surface area (Å²) in [6.07, 6.45) is -0.667. The van der Waals surface area contributed by atoms with Gasteiger partial charge in [0, 0.05) is 7.11 Å². The van der Waals surface area contributed by atoms with Gasteiger partial charge in [-0.3, -0.25) is 0 Å². The first kappa shape index (κ1) is 12.6. The molecular formula is C13H13ClO2S. The predicted molar refractivity (Wildman–Crippen MR) is 70.5 cm³/mol. The Morgan fingerprint density at radius 3 is 2.88 bits per heavy atom. The van der Waals surface area contributed by atoms with Crippen molar-refractivity contribution in [2.24, 2.45) is 0 Å². The molecule has 1 aromatic carbocycles. The third-order valence-electron chi connectivity index (χ3n) is 2.47. The summed E-state index contributed by atoms with van der Waals surface area (Å²) in [6, 6.07) is 9.50. The molecule has 0 bridgehead atoms. The first-order chi connectivity index (χ1) is 8.22. The quantitative estimate of drug-likeness (QED) is 0.918. The Hall–Kier alpha value is -0.870. The second-order valence-corrected chi connectivity index (χ2v) is 5.07. The van der Waals surface area contributed by atoms with E-state index in [1.807, 2.05) is 29.6 Å². The van der Waals surface area contributed by atoms with Crippen LogP contribution in [0.5, 0.6) is 0 Å². The number of thiophene rings is 1. The molecule has 17 heavy (non-hydrogen) atoms.